The van der Waals surface area contributed by atoms with E-state index in [1.165, 1.54) is 6.92 Å². The van der Waals surface area contributed by atoms with Gasteiger partial charge in [-0.1, -0.05) is 62.3 Å². The van der Waals surface area contributed by atoms with Gasteiger partial charge in [-0.15, -0.1) is 17.9 Å². The van der Waals surface area contributed by atoms with E-state index in [1.54, 1.807) is 30.7 Å². The predicted molar refractivity (Wildman–Crippen MR) is 229 cm³/mol. The lowest BCUT2D eigenvalue weighted by Gasteiger charge is -2.31. The second-order valence-electron chi connectivity index (χ2n) is 16.7. The molecule has 3 unspecified atom stereocenters. The molecule has 7 atom stereocenters. The van der Waals surface area contributed by atoms with E-state index in [2.05, 4.69) is 37.7 Å². The standard InChI is InChI=1S/C26H30N4O6S2.C17H24N2O3/c1-3-17-13-26(17,25(32)30-38(33,34)20-7-8-20)29-24(31)22-12-19(15-27-22)36-28-14-16-11-18(35-2)6-9-21(16)23-5-4-10-37-23;1-10(20)18-15(17(2,3)4)16(22)19-13-9-11-7-5-6-8-12(11)14(13)21/h3-6,9-11,14,17,19-20,22,27H,1,7-8,12-13,15H2,2H3,(H,29,31)(H,30,32);5-8,13-15,21H,9H2,1-4H3,(H,18,20)(H,19,22)/b28-14+;/t17-,19?,22?,26+;13-,14+,15?/m10/s1. The number of sulfonamides is 1. The highest BCUT2D eigenvalue weighted by Gasteiger charge is 2.61. The Hall–Kier alpha value is -5.10. The summed E-state index contributed by atoms with van der Waals surface area (Å²) in [5.74, 6) is -1.25. The number of aliphatic hydroxyl groups is 1. The topological polar surface area (TPSA) is 214 Å². The number of methoxy groups -OCH3 is 1. The van der Waals surface area contributed by atoms with Gasteiger partial charge in [-0.2, -0.15) is 0 Å². The van der Waals surface area contributed by atoms with Crippen LogP contribution in [0.5, 0.6) is 5.75 Å². The van der Waals surface area contributed by atoms with Crippen LogP contribution >= 0.6 is 11.3 Å². The van der Waals surface area contributed by atoms with Crippen LogP contribution < -0.4 is 30.7 Å². The van der Waals surface area contributed by atoms with Gasteiger partial charge < -0.3 is 35.9 Å². The molecular weight excluding hydrogens is 809 g/mol. The zero-order valence-electron chi connectivity index (χ0n) is 34.4. The maximum Gasteiger partial charge on any atom is 0.259 e. The van der Waals surface area contributed by atoms with Gasteiger partial charge in [-0.05, 0) is 71.9 Å². The number of oxime groups is 1. The van der Waals surface area contributed by atoms with Crippen LogP contribution in [0.25, 0.3) is 10.4 Å². The average molecular weight is 863 g/mol. The number of ether oxygens (including phenoxy) is 1. The van der Waals surface area contributed by atoms with Crippen molar-refractivity contribution in [2.45, 2.75) is 101 Å². The van der Waals surface area contributed by atoms with Crippen molar-refractivity contribution in [3.63, 3.8) is 0 Å². The molecule has 2 aromatic carbocycles. The molecule has 3 fully saturated rings. The van der Waals surface area contributed by atoms with E-state index < -0.39 is 56.2 Å². The summed E-state index contributed by atoms with van der Waals surface area (Å²) in [4.78, 5) is 56.6. The van der Waals surface area contributed by atoms with Crippen molar-refractivity contribution in [3.8, 4) is 16.2 Å². The number of aliphatic hydroxyl groups excluding tert-OH is 1. The molecule has 60 heavy (non-hydrogen) atoms. The van der Waals surface area contributed by atoms with Crippen LogP contribution in [0.15, 0.2) is 77.8 Å². The van der Waals surface area contributed by atoms with Crippen molar-refractivity contribution in [2.75, 3.05) is 13.7 Å². The fraction of sp³-hybridized carbons (Fsp3) is 0.465. The second kappa shape index (κ2) is 18.3. The molecule has 4 aliphatic rings. The van der Waals surface area contributed by atoms with Gasteiger partial charge in [0.15, 0.2) is 0 Å². The van der Waals surface area contributed by atoms with Crippen LogP contribution in [-0.4, -0.2) is 92.0 Å². The SMILES string of the molecule is C=C[C@@H]1C[C@@]1(NC(=O)C1CC(O/N=C/c2cc(OC)ccc2-c2cccs2)CN1)C(=O)NS(=O)(=O)C1CC1.CC(=O)NC(C(=O)N[C@H]1Cc2ccccc2[C@H]1O)C(C)(C)C. The Morgan fingerprint density at radius 3 is 2.47 bits per heavy atom. The van der Waals surface area contributed by atoms with Crippen LogP contribution in [0.2, 0.25) is 0 Å². The molecule has 1 saturated heterocycles. The van der Waals surface area contributed by atoms with Gasteiger partial charge in [-0.25, -0.2) is 8.42 Å². The molecular formula is C43H54N6O9S2. The number of benzene rings is 2. The summed E-state index contributed by atoms with van der Waals surface area (Å²) < 4.78 is 32.0. The van der Waals surface area contributed by atoms with E-state index in [9.17, 15) is 32.7 Å². The summed E-state index contributed by atoms with van der Waals surface area (Å²) in [6, 6.07) is 15.8. The first-order valence-electron chi connectivity index (χ1n) is 19.9. The van der Waals surface area contributed by atoms with E-state index in [1.807, 2.05) is 80.7 Å². The van der Waals surface area contributed by atoms with E-state index in [4.69, 9.17) is 9.57 Å². The summed E-state index contributed by atoms with van der Waals surface area (Å²) in [7, 11) is -2.12. The Labute approximate surface area is 354 Å². The molecule has 2 saturated carbocycles. The first kappa shape index (κ1) is 44.5. The van der Waals surface area contributed by atoms with Crippen LogP contribution in [0.3, 0.4) is 0 Å². The van der Waals surface area contributed by atoms with Crippen molar-refractivity contribution in [3.05, 3.63) is 89.3 Å². The van der Waals surface area contributed by atoms with Gasteiger partial charge >= 0.3 is 0 Å². The Morgan fingerprint density at radius 1 is 1.10 bits per heavy atom. The van der Waals surface area contributed by atoms with Gasteiger partial charge in [0.25, 0.3) is 5.91 Å². The molecule has 17 heteroatoms. The highest BCUT2D eigenvalue weighted by molar-refractivity contribution is 7.91. The van der Waals surface area contributed by atoms with Crippen molar-refractivity contribution < 1.29 is 42.3 Å². The largest absolute Gasteiger partial charge is 0.497 e. The molecule has 1 aromatic heterocycles. The van der Waals surface area contributed by atoms with Crippen LogP contribution in [0, 0.1) is 11.3 Å². The Balaban J connectivity index is 0.000000233. The second-order valence-corrected chi connectivity index (χ2v) is 19.6. The summed E-state index contributed by atoms with van der Waals surface area (Å²) in [6.07, 6.45) is 4.45. The van der Waals surface area contributed by atoms with Crippen molar-refractivity contribution in [2.24, 2.45) is 16.5 Å². The maximum absolute atomic E-state index is 13.0. The fourth-order valence-corrected chi connectivity index (χ4v) is 9.60. The highest BCUT2D eigenvalue weighted by atomic mass is 32.2. The first-order valence-corrected chi connectivity index (χ1v) is 22.4. The normalized spacial score (nSPS) is 24.9. The monoisotopic (exact) mass is 862 g/mol. The smallest absolute Gasteiger partial charge is 0.259 e. The van der Waals surface area contributed by atoms with Gasteiger partial charge in [0.1, 0.15) is 23.4 Å². The van der Waals surface area contributed by atoms with Crippen LogP contribution in [-0.2, 0) is 40.5 Å². The van der Waals surface area contributed by atoms with Gasteiger partial charge in [0, 0.05) is 41.8 Å². The van der Waals surface area contributed by atoms with E-state index >= 15 is 0 Å². The average Bonchev–Trinajstić information content (AvgIpc) is 4.02. The first-order chi connectivity index (χ1) is 28.4. The molecule has 15 nitrogen and oxygen atoms in total. The number of rotatable bonds is 14. The summed E-state index contributed by atoms with van der Waals surface area (Å²) >= 11 is 1.62. The summed E-state index contributed by atoms with van der Waals surface area (Å²) in [6.45, 7) is 11.2. The number of nitrogens with zero attached hydrogens (tertiary/aromatic N) is 1. The van der Waals surface area contributed by atoms with Crippen molar-refractivity contribution >= 4 is 51.2 Å². The maximum atomic E-state index is 13.0. The van der Waals surface area contributed by atoms with Gasteiger partial charge in [-0.3, -0.25) is 23.9 Å². The van der Waals surface area contributed by atoms with Crippen molar-refractivity contribution in [1.82, 2.24) is 26.0 Å². The fourth-order valence-electron chi connectivity index (χ4n) is 7.46. The third kappa shape index (κ3) is 10.4. The third-order valence-electron chi connectivity index (χ3n) is 11.1. The number of hydrogen-bond acceptors (Lipinski definition) is 12. The zero-order chi connectivity index (χ0) is 43.4. The predicted octanol–water partition coefficient (Wildman–Crippen LogP) is 3.49. The molecule has 0 spiro atoms. The highest BCUT2D eigenvalue weighted by Crippen LogP contribution is 2.45. The minimum absolute atomic E-state index is 0.245. The number of carbonyl (C=O) groups excluding carboxylic acids is 4. The molecule has 1 aliphatic heterocycles. The Bertz CT molecular complexity index is 2220. The van der Waals surface area contributed by atoms with E-state index in [-0.39, 0.29) is 29.9 Å². The lowest BCUT2D eigenvalue weighted by atomic mass is 9.86. The van der Waals surface area contributed by atoms with E-state index in [0.29, 0.717) is 44.4 Å². The molecule has 0 bridgehead atoms. The third-order valence-corrected chi connectivity index (χ3v) is 13.8. The number of carbonyl (C=O) groups is 4. The molecule has 2 heterocycles. The number of fused-ring (bicyclic) bond motifs is 1. The molecule has 6 N–H and O–H groups in total. The molecule has 4 amide bonds. The molecule has 322 valence electrons. The van der Waals surface area contributed by atoms with Gasteiger partial charge in [0.2, 0.25) is 27.7 Å². The minimum Gasteiger partial charge on any atom is -0.497 e. The number of nitrogens with one attached hydrogen (secondary N) is 5. The number of amides is 4. The quantitative estimate of drug-likeness (QED) is 0.0789. The lowest BCUT2D eigenvalue weighted by molar-refractivity contribution is -0.131. The zero-order valence-corrected chi connectivity index (χ0v) is 36.0. The summed E-state index contributed by atoms with van der Waals surface area (Å²) in [5, 5.41) is 27.5. The van der Waals surface area contributed by atoms with Crippen molar-refractivity contribution in [1.29, 1.82) is 0 Å². The van der Waals surface area contributed by atoms with Gasteiger partial charge in [0.05, 0.1) is 36.8 Å². The Morgan fingerprint density at radius 2 is 1.85 bits per heavy atom. The molecule has 7 rings (SSSR count). The lowest BCUT2D eigenvalue weighted by Crippen LogP contribution is -2.55. The minimum atomic E-state index is -3.72. The number of hydrogen-bond donors (Lipinski definition) is 6. The van der Waals surface area contributed by atoms with Crippen LogP contribution in [0.1, 0.15) is 76.2 Å². The summed E-state index contributed by atoms with van der Waals surface area (Å²) in [5.41, 5.74) is 2.04. The van der Waals surface area contributed by atoms with Crippen LogP contribution in [0.4, 0.5) is 0 Å². The molecule has 0 radical (unpaired) electrons. The Kier molecular flexibility index (Phi) is 13.5. The molecule has 3 aromatic rings. The van der Waals surface area contributed by atoms with E-state index in [0.717, 1.165) is 27.1 Å². The molecule has 3 aliphatic carbocycles. The number of thiophene rings is 1.